The van der Waals surface area contributed by atoms with Gasteiger partial charge >= 0.3 is 25.8 Å². The van der Waals surface area contributed by atoms with Crippen molar-refractivity contribution in [1.82, 2.24) is 4.90 Å². The molecular formula is C31H30F3N4O8P. The number of alkyl halides is 3. The number of guanidine groups is 1. The quantitative estimate of drug-likeness (QED) is 0.0721. The predicted molar refractivity (Wildman–Crippen MR) is 167 cm³/mol. The van der Waals surface area contributed by atoms with Crippen LogP contribution in [0.5, 0.6) is 17.2 Å². The van der Waals surface area contributed by atoms with Gasteiger partial charge in [-0.15, -0.1) is 0 Å². The standard InChI is InChI=1S/C29H29N4O6P.C2HF3O2/c30-28(31)32-23-18-16-22(17-19-23)27(33(29(34)35)20-21-37-24-10-4-1-5-11-24)40(36,38-25-12-6-2-7-13-25)39-26-14-8-3-9-15-26;3-2(4,5)1(6)7/h1-19,27H,20-21H2,(H,34,35)(H4,30,31,32);(H,6,7). The van der Waals surface area contributed by atoms with Gasteiger partial charge in [-0.05, 0) is 54.1 Å². The maximum atomic E-state index is 14.8. The second-order valence-corrected chi connectivity index (χ2v) is 11.2. The molecule has 0 saturated heterocycles. The van der Waals surface area contributed by atoms with Crippen LogP contribution in [0.15, 0.2) is 120 Å². The van der Waals surface area contributed by atoms with Gasteiger partial charge < -0.3 is 35.5 Å². The number of hydrogen-bond acceptors (Lipinski definition) is 7. The van der Waals surface area contributed by atoms with E-state index in [0.717, 1.165) is 4.90 Å². The molecular weight excluding hydrogens is 644 g/mol. The first-order valence-corrected chi connectivity index (χ1v) is 15.2. The second kappa shape index (κ2) is 16.6. The van der Waals surface area contributed by atoms with Gasteiger partial charge in [0.1, 0.15) is 23.9 Å². The van der Waals surface area contributed by atoms with Gasteiger partial charge in [-0.25, -0.2) is 19.1 Å². The van der Waals surface area contributed by atoms with Crippen LogP contribution in [0.25, 0.3) is 0 Å². The molecule has 0 aliphatic rings. The molecule has 0 saturated carbocycles. The van der Waals surface area contributed by atoms with Crippen molar-refractivity contribution >= 4 is 31.3 Å². The summed E-state index contributed by atoms with van der Waals surface area (Å²) in [5.41, 5.74) is 11.8. The van der Waals surface area contributed by atoms with Crippen LogP contribution in [-0.2, 0) is 9.36 Å². The number of benzene rings is 4. The number of aliphatic imine (C=N–C) groups is 1. The monoisotopic (exact) mass is 674 g/mol. The van der Waals surface area contributed by atoms with E-state index in [4.69, 9.17) is 35.2 Å². The summed E-state index contributed by atoms with van der Waals surface area (Å²) in [6.07, 6.45) is -6.43. The van der Waals surface area contributed by atoms with Crippen LogP contribution in [0.2, 0.25) is 0 Å². The lowest BCUT2D eigenvalue weighted by Gasteiger charge is -2.34. The molecule has 0 spiro atoms. The minimum absolute atomic E-state index is 0.0183. The van der Waals surface area contributed by atoms with Gasteiger partial charge in [0.05, 0.1) is 12.2 Å². The Hall–Kier alpha value is -5.69. The molecule has 4 aromatic rings. The Morgan fingerprint density at radius 3 is 1.57 bits per heavy atom. The smallest absolute Gasteiger partial charge is 0.490 e. The molecule has 248 valence electrons. The summed E-state index contributed by atoms with van der Waals surface area (Å²) in [6, 6.07) is 32.2. The summed E-state index contributed by atoms with van der Waals surface area (Å²) in [6.45, 7) is -0.166. The van der Waals surface area contributed by atoms with E-state index in [1.54, 1.807) is 109 Å². The summed E-state index contributed by atoms with van der Waals surface area (Å²) in [4.78, 5) is 26.6. The maximum absolute atomic E-state index is 14.8. The lowest BCUT2D eigenvalue weighted by Crippen LogP contribution is -2.38. The number of nitrogens with two attached hydrogens (primary N) is 2. The number of nitrogens with zero attached hydrogens (tertiary/aromatic N) is 2. The Labute approximate surface area is 267 Å². The average Bonchev–Trinajstić information content (AvgIpc) is 3.02. The molecule has 0 radical (unpaired) electrons. The first-order chi connectivity index (χ1) is 22.3. The van der Waals surface area contributed by atoms with E-state index in [9.17, 15) is 27.6 Å². The van der Waals surface area contributed by atoms with Gasteiger partial charge in [-0.2, -0.15) is 13.2 Å². The molecule has 0 aliphatic carbocycles. The third kappa shape index (κ3) is 11.3. The van der Waals surface area contributed by atoms with Crippen LogP contribution < -0.4 is 25.3 Å². The average molecular weight is 675 g/mol. The molecule has 4 rings (SSSR count). The van der Waals surface area contributed by atoms with Gasteiger partial charge in [0.15, 0.2) is 11.7 Å². The van der Waals surface area contributed by atoms with E-state index in [1.165, 1.54) is 0 Å². The number of carboxylic acid groups (broad SMARTS) is 2. The van der Waals surface area contributed by atoms with Crippen LogP contribution in [0, 0.1) is 0 Å². The Morgan fingerprint density at radius 2 is 1.19 bits per heavy atom. The Bertz CT molecular complexity index is 1610. The fourth-order valence-corrected chi connectivity index (χ4v) is 6.04. The lowest BCUT2D eigenvalue weighted by molar-refractivity contribution is -0.192. The maximum Gasteiger partial charge on any atom is 0.490 e. The summed E-state index contributed by atoms with van der Waals surface area (Å²) < 4.78 is 64.4. The second-order valence-electron chi connectivity index (χ2n) is 9.29. The molecule has 0 fully saturated rings. The van der Waals surface area contributed by atoms with Crippen molar-refractivity contribution in [1.29, 1.82) is 0 Å². The van der Waals surface area contributed by atoms with E-state index in [-0.39, 0.29) is 30.6 Å². The zero-order chi connectivity index (χ0) is 34.5. The lowest BCUT2D eigenvalue weighted by atomic mass is 10.2. The Morgan fingerprint density at radius 1 is 0.766 bits per heavy atom. The van der Waals surface area contributed by atoms with Crippen molar-refractivity contribution < 1.29 is 51.3 Å². The highest BCUT2D eigenvalue weighted by Gasteiger charge is 2.47. The van der Waals surface area contributed by atoms with Crippen LogP contribution in [0.1, 0.15) is 11.3 Å². The number of carboxylic acids is 1. The van der Waals surface area contributed by atoms with Crippen molar-refractivity contribution in [3.63, 3.8) is 0 Å². The van der Waals surface area contributed by atoms with E-state index in [2.05, 4.69) is 4.99 Å². The zero-order valence-corrected chi connectivity index (χ0v) is 25.3. The largest absolute Gasteiger partial charge is 0.492 e. The molecule has 1 amide bonds. The van der Waals surface area contributed by atoms with Crippen LogP contribution in [-0.4, -0.2) is 52.5 Å². The normalized spacial score (nSPS) is 11.6. The highest BCUT2D eigenvalue weighted by atomic mass is 31.2. The summed E-state index contributed by atoms with van der Waals surface area (Å²) >= 11 is 0. The molecule has 6 N–H and O–H groups in total. The Balaban J connectivity index is 0.000000771. The summed E-state index contributed by atoms with van der Waals surface area (Å²) in [7, 11) is -4.36. The predicted octanol–water partition coefficient (Wildman–Crippen LogP) is 6.63. The van der Waals surface area contributed by atoms with E-state index in [1.807, 2.05) is 6.07 Å². The molecule has 0 aromatic heterocycles. The number of para-hydroxylation sites is 3. The molecule has 12 nitrogen and oxygen atoms in total. The number of rotatable bonds is 12. The molecule has 0 bridgehead atoms. The van der Waals surface area contributed by atoms with Crippen molar-refractivity contribution in [3.05, 3.63) is 121 Å². The van der Waals surface area contributed by atoms with Crippen LogP contribution in [0.4, 0.5) is 23.7 Å². The minimum Gasteiger partial charge on any atom is -0.492 e. The van der Waals surface area contributed by atoms with Crippen molar-refractivity contribution in [3.8, 4) is 17.2 Å². The third-order valence-electron chi connectivity index (χ3n) is 5.83. The molecule has 16 heteroatoms. The van der Waals surface area contributed by atoms with Crippen molar-refractivity contribution in [2.45, 2.75) is 12.0 Å². The van der Waals surface area contributed by atoms with Crippen molar-refractivity contribution in [2.75, 3.05) is 13.2 Å². The number of ether oxygens (including phenoxy) is 1. The summed E-state index contributed by atoms with van der Waals surface area (Å²) in [5.74, 6) is -3.23. The SMILES string of the molecule is NC(N)=Nc1ccc(C(N(CCOc2ccccc2)C(=O)O)P(=O)(Oc2ccccc2)Oc2ccccc2)cc1.O=C(O)C(F)(F)F. The highest BCUT2D eigenvalue weighted by molar-refractivity contribution is 7.55. The third-order valence-corrected chi connectivity index (χ3v) is 7.93. The van der Waals surface area contributed by atoms with E-state index in [0.29, 0.717) is 17.0 Å². The molecule has 1 atom stereocenters. The van der Waals surface area contributed by atoms with Crippen LogP contribution >= 0.6 is 7.60 Å². The number of aliphatic carboxylic acids is 1. The van der Waals surface area contributed by atoms with E-state index >= 15 is 0 Å². The minimum atomic E-state index is -5.08. The van der Waals surface area contributed by atoms with Gasteiger partial charge in [0, 0.05) is 0 Å². The first kappa shape index (κ1) is 35.8. The molecule has 47 heavy (non-hydrogen) atoms. The van der Waals surface area contributed by atoms with E-state index < -0.39 is 31.6 Å². The van der Waals surface area contributed by atoms with Crippen LogP contribution in [0.3, 0.4) is 0 Å². The van der Waals surface area contributed by atoms with Gasteiger partial charge in [-0.3, -0.25) is 4.90 Å². The first-order valence-electron chi connectivity index (χ1n) is 13.5. The van der Waals surface area contributed by atoms with Gasteiger partial charge in [0.2, 0.25) is 0 Å². The Kier molecular flexibility index (Phi) is 12.6. The topological polar surface area (TPSA) is 187 Å². The van der Waals surface area contributed by atoms with Gasteiger partial charge in [0.25, 0.3) is 0 Å². The molecule has 1 unspecified atom stereocenters. The molecule has 4 aromatic carbocycles. The number of amides is 1. The number of carbonyl (C=O) groups is 2. The zero-order valence-electron chi connectivity index (χ0n) is 24.4. The van der Waals surface area contributed by atoms with Crippen molar-refractivity contribution in [2.24, 2.45) is 16.5 Å². The molecule has 0 aliphatic heterocycles. The fourth-order valence-electron chi connectivity index (χ4n) is 3.88. The van der Waals surface area contributed by atoms with Gasteiger partial charge in [-0.1, -0.05) is 66.7 Å². The molecule has 0 heterocycles. The number of halogens is 3. The highest BCUT2D eigenvalue weighted by Crippen LogP contribution is 2.61. The number of hydrogen-bond donors (Lipinski definition) is 4. The summed E-state index contributed by atoms with van der Waals surface area (Å²) in [5, 5.41) is 17.5. The fraction of sp³-hybridized carbons (Fsp3) is 0.129.